The molecular formula is C23H28O5S. The standard InChI is InChI=1S/C23H28O5S/c1-14(15-4-5-15)19-8-6-16-7-9-20(16)21(19)11-18(24)13-29(26,27)22-10-17(12-28-22)23(2,3)25/h6,8,10,12,14-15,25H,4-5,7,9,11,13H2,1-3H3/t14-/m1/s1. The zero-order chi connectivity index (χ0) is 21.0. The van der Waals surface area contributed by atoms with Crippen molar-refractivity contribution >= 4 is 15.6 Å². The highest BCUT2D eigenvalue weighted by atomic mass is 32.2. The van der Waals surface area contributed by atoms with Crippen LogP contribution < -0.4 is 0 Å². The van der Waals surface area contributed by atoms with E-state index >= 15 is 0 Å². The molecule has 2 aliphatic carbocycles. The summed E-state index contributed by atoms with van der Waals surface area (Å²) in [7, 11) is -3.89. The van der Waals surface area contributed by atoms with Gasteiger partial charge in [0.15, 0.2) is 5.78 Å². The fourth-order valence-corrected chi connectivity index (χ4v) is 5.37. The number of aliphatic hydroxyl groups is 1. The van der Waals surface area contributed by atoms with E-state index in [2.05, 4.69) is 19.1 Å². The van der Waals surface area contributed by atoms with Crippen molar-refractivity contribution in [3.63, 3.8) is 0 Å². The highest BCUT2D eigenvalue weighted by Gasteiger charge is 2.33. The smallest absolute Gasteiger partial charge is 0.218 e. The maximum atomic E-state index is 12.8. The SMILES string of the molecule is C[C@@H](c1ccc2c(c1CC(=O)CS(=O)(=O)c1cc(C(C)(C)O)co1)CC2)C1CC1. The van der Waals surface area contributed by atoms with Crippen LogP contribution in [-0.4, -0.2) is 25.1 Å². The molecule has 1 aromatic heterocycles. The monoisotopic (exact) mass is 416 g/mol. The first-order valence-electron chi connectivity index (χ1n) is 10.3. The lowest BCUT2D eigenvalue weighted by molar-refractivity contribution is -0.116. The van der Waals surface area contributed by atoms with Crippen molar-refractivity contribution in [3.8, 4) is 0 Å². The van der Waals surface area contributed by atoms with Gasteiger partial charge in [-0.15, -0.1) is 0 Å². The lowest BCUT2D eigenvalue weighted by Gasteiger charge is -2.27. The second-order valence-corrected chi connectivity index (χ2v) is 11.0. The fourth-order valence-electron chi connectivity index (χ4n) is 4.21. The zero-order valence-electron chi connectivity index (χ0n) is 17.2. The molecule has 0 unspecified atom stereocenters. The van der Waals surface area contributed by atoms with Gasteiger partial charge in [-0.1, -0.05) is 19.1 Å². The molecule has 0 aliphatic heterocycles. The van der Waals surface area contributed by atoms with Gasteiger partial charge in [0.2, 0.25) is 14.9 Å². The summed E-state index contributed by atoms with van der Waals surface area (Å²) in [6.07, 6.45) is 5.81. The molecule has 0 radical (unpaired) electrons. The van der Waals surface area contributed by atoms with Crippen LogP contribution >= 0.6 is 0 Å². The number of hydrogen-bond acceptors (Lipinski definition) is 5. The quantitative estimate of drug-likeness (QED) is 0.709. The van der Waals surface area contributed by atoms with Gasteiger partial charge in [0.05, 0.1) is 11.9 Å². The van der Waals surface area contributed by atoms with E-state index in [-0.39, 0.29) is 17.3 Å². The third-order valence-electron chi connectivity index (χ3n) is 6.34. The van der Waals surface area contributed by atoms with Crippen molar-refractivity contribution in [2.75, 3.05) is 5.75 Å². The van der Waals surface area contributed by atoms with E-state index < -0.39 is 21.2 Å². The molecule has 2 aromatic rings. The molecule has 0 amide bonds. The summed E-state index contributed by atoms with van der Waals surface area (Å²) in [4.78, 5) is 12.8. The molecule has 156 valence electrons. The van der Waals surface area contributed by atoms with Crippen LogP contribution in [0.1, 0.15) is 67.3 Å². The van der Waals surface area contributed by atoms with Gasteiger partial charge in [-0.2, -0.15) is 0 Å². The largest absolute Gasteiger partial charge is 0.453 e. The number of rotatable bonds is 8. The number of Topliss-reactive ketones (excluding diaryl/α,β-unsaturated/α-hetero) is 1. The predicted molar refractivity (Wildman–Crippen MR) is 110 cm³/mol. The summed E-state index contributed by atoms with van der Waals surface area (Å²) in [5.74, 6) is 0.164. The molecule has 0 spiro atoms. The van der Waals surface area contributed by atoms with Crippen LogP contribution in [0.2, 0.25) is 0 Å². The first kappa shape index (κ1) is 20.4. The van der Waals surface area contributed by atoms with Crippen LogP contribution in [0.25, 0.3) is 0 Å². The average Bonchev–Trinajstić information content (AvgIpc) is 3.29. The van der Waals surface area contributed by atoms with Crippen molar-refractivity contribution in [2.45, 2.75) is 69.5 Å². The van der Waals surface area contributed by atoms with E-state index in [1.54, 1.807) is 13.8 Å². The third-order valence-corrected chi connectivity index (χ3v) is 7.87. The summed E-state index contributed by atoms with van der Waals surface area (Å²) in [6, 6.07) is 5.61. The second-order valence-electron chi connectivity index (χ2n) is 9.09. The van der Waals surface area contributed by atoms with Gasteiger partial charge in [-0.05, 0) is 73.6 Å². The third kappa shape index (κ3) is 4.05. The van der Waals surface area contributed by atoms with Crippen LogP contribution in [0.4, 0.5) is 0 Å². The Kier molecular flexibility index (Phi) is 4.98. The molecule has 6 heteroatoms. The van der Waals surface area contributed by atoms with Gasteiger partial charge in [-0.3, -0.25) is 4.79 Å². The van der Waals surface area contributed by atoms with Gasteiger partial charge in [-0.25, -0.2) is 8.42 Å². The lowest BCUT2D eigenvalue weighted by Crippen LogP contribution is -2.22. The molecule has 1 fully saturated rings. The molecule has 1 heterocycles. The maximum absolute atomic E-state index is 12.8. The number of furan rings is 1. The van der Waals surface area contributed by atoms with Crippen molar-refractivity contribution in [2.24, 2.45) is 5.92 Å². The van der Waals surface area contributed by atoms with Crippen molar-refractivity contribution < 1.29 is 22.7 Å². The van der Waals surface area contributed by atoms with E-state index in [1.807, 2.05) is 0 Å². The molecule has 29 heavy (non-hydrogen) atoms. The molecule has 4 rings (SSSR count). The van der Waals surface area contributed by atoms with E-state index in [0.717, 1.165) is 18.4 Å². The number of benzene rings is 1. The minimum atomic E-state index is -3.89. The Morgan fingerprint density at radius 3 is 2.55 bits per heavy atom. The summed E-state index contributed by atoms with van der Waals surface area (Å²) < 4.78 is 30.5. The number of carbonyl (C=O) groups excluding carboxylic acids is 1. The van der Waals surface area contributed by atoms with E-state index in [1.165, 1.54) is 41.9 Å². The summed E-state index contributed by atoms with van der Waals surface area (Å²) in [5, 5.41) is 9.75. The highest BCUT2D eigenvalue weighted by molar-refractivity contribution is 7.92. The maximum Gasteiger partial charge on any atom is 0.218 e. The minimum absolute atomic E-state index is 0.147. The Morgan fingerprint density at radius 1 is 1.28 bits per heavy atom. The van der Waals surface area contributed by atoms with Crippen LogP contribution in [0.3, 0.4) is 0 Å². The van der Waals surface area contributed by atoms with Gasteiger partial charge < -0.3 is 9.52 Å². The van der Waals surface area contributed by atoms with E-state index in [4.69, 9.17) is 4.42 Å². The molecule has 1 saturated carbocycles. The first-order valence-corrected chi connectivity index (χ1v) is 11.9. The van der Waals surface area contributed by atoms with Crippen LogP contribution in [0.15, 0.2) is 34.0 Å². The summed E-state index contributed by atoms with van der Waals surface area (Å²) in [5.41, 5.74) is 3.94. The topological polar surface area (TPSA) is 84.6 Å². The first-order chi connectivity index (χ1) is 13.6. The van der Waals surface area contributed by atoms with E-state index in [0.29, 0.717) is 17.4 Å². The van der Waals surface area contributed by atoms with Gasteiger partial charge in [0.25, 0.3) is 0 Å². The number of carbonyl (C=O) groups is 1. The van der Waals surface area contributed by atoms with Gasteiger partial charge in [0, 0.05) is 18.1 Å². The van der Waals surface area contributed by atoms with Crippen molar-refractivity contribution in [1.29, 1.82) is 0 Å². The predicted octanol–water partition coefficient (Wildman–Crippen LogP) is 3.70. The average molecular weight is 417 g/mol. The van der Waals surface area contributed by atoms with Gasteiger partial charge in [0.1, 0.15) is 5.75 Å². The summed E-state index contributed by atoms with van der Waals surface area (Å²) in [6.45, 7) is 5.31. The Morgan fingerprint density at radius 2 is 2.00 bits per heavy atom. The Hall–Kier alpha value is -1.92. The van der Waals surface area contributed by atoms with Crippen LogP contribution in [-0.2, 0) is 39.5 Å². The van der Waals surface area contributed by atoms with E-state index in [9.17, 15) is 18.3 Å². The number of sulfone groups is 1. The lowest BCUT2D eigenvalue weighted by atomic mass is 9.78. The number of ketones is 1. The number of aryl methyl sites for hydroxylation is 1. The van der Waals surface area contributed by atoms with Gasteiger partial charge >= 0.3 is 0 Å². The minimum Gasteiger partial charge on any atom is -0.453 e. The normalized spacial score (nSPS) is 17.5. The molecule has 1 aromatic carbocycles. The molecule has 5 nitrogen and oxygen atoms in total. The number of hydrogen-bond donors (Lipinski definition) is 1. The van der Waals surface area contributed by atoms with Crippen LogP contribution in [0, 0.1) is 5.92 Å². The highest BCUT2D eigenvalue weighted by Crippen LogP contribution is 2.45. The Balaban J connectivity index is 1.54. The Bertz CT molecular complexity index is 1050. The molecule has 2 aliphatic rings. The Labute approximate surface area is 172 Å². The molecule has 0 saturated heterocycles. The number of fused-ring (bicyclic) bond motifs is 1. The van der Waals surface area contributed by atoms with Crippen molar-refractivity contribution in [3.05, 3.63) is 52.3 Å². The molecule has 1 N–H and O–H groups in total. The molecule has 0 bridgehead atoms. The fraction of sp³-hybridized carbons (Fsp3) is 0.522. The molecule has 1 atom stereocenters. The van der Waals surface area contributed by atoms with Crippen molar-refractivity contribution in [1.82, 2.24) is 0 Å². The zero-order valence-corrected chi connectivity index (χ0v) is 18.0. The molecular weight excluding hydrogens is 388 g/mol. The van der Waals surface area contributed by atoms with Crippen LogP contribution in [0.5, 0.6) is 0 Å². The second kappa shape index (κ2) is 7.10. The summed E-state index contributed by atoms with van der Waals surface area (Å²) >= 11 is 0.